The standard InChI is InChI=1S/C30H33ClFN5O4/c1-4-24(39)36-10-12-37(13-11-36)29-22-17-23(31)26(21-16-19(38)15-18-7-5-6-8-20(18)21)27(32)28(22)33-30(34-29)41-14-9-25(40)35(2)3/h5-8,16-17,21,38H,4,9-15H2,1-3H3/t21-/m0/s1. The molecule has 0 radical (unpaired) electrons. The van der Waals surface area contributed by atoms with Gasteiger partial charge in [0.25, 0.3) is 0 Å². The van der Waals surface area contributed by atoms with E-state index in [1.807, 2.05) is 36.1 Å². The van der Waals surface area contributed by atoms with Gasteiger partial charge in [-0.1, -0.05) is 42.8 Å². The molecule has 2 heterocycles. The van der Waals surface area contributed by atoms with Gasteiger partial charge in [0.15, 0.2) is 5.82 Å². The highest BCUT2D eigenvalue weighted by atomic mass is 35.5. The Kier molecular flexibility index (Phi) is 8.30. The normalized spacial score (nSPS) is 16.8. The molecule has 11 heteroatoms. The van der Waals surface area contributed by atoms with Crippen LogP contribution in [0.25, 0.3) is 10.9 Å². The van der Waals surface area contributed by atoms with E-state index in [0.717, 1.165) is 11.1 Å². The lowest BCUT2D eigenvalue weighted by Gasteiger charge is -2.36. The second kappa shape index (κ2) is 11.9. The molecule has 2 aliphatic rings. The maximum Gasteiger partial charge on any atom is 0.319 e. The molecular formula is C30H33ClFN5O4. The second-order valence-corrected chi connectivity index (χ2v) is 10.8. The predicted molar refractivity (Wildman–Crippen MR) is 155 cm³/mol. The van der Waals surface area contributed by atoms with Gasteiger partial charge in [0.1, 0.15) is 17.9 Å². The topological polar surface area (TPSA) is 99.1 Å². The number of anilines is 1. The van der Waals surface area contributed by atoms with Crippen molar-refractivity contribution in [1.29, 1.82) is 0 Å². The van der Waals surface area contributed by atoms with Gasteiger partial charge in [-0.3, -0.25) is 9.59 Å². The molecular weight excluding hydrogens is 549 g/mol. The van der Waals surface area contributed by atoms with Gasteiger partial charge in [0.05, 0.1) is 12.2 Å². The first kappa shape index (κ1) is 28.6. The fourth-order valence-corrected chi connectivity index (χ4v) is 5.69. The molecule has 1 aliphatic heterocycles. The predicted octanol–water partition coefficient (Wildman–Crippen LogP) is 4.47. The SMILES string of the molecule is CCC(=O)N1CCN(c2nc(OCCC(=O)N(C)C)nc3c(F)c([C@H]4C=C(O)Cc5ccccc54)c(Cl)cc23)CC1. The first-order valence-electron chi connectivity index (χ1n) is 13.7. The average molecular weight is 582 g/mol. The molecule has 1 aliphatic carbocycles. The molecule has 1 N–H and O–H groups in total. The molecule has 1 aromatic heterocycles. The Labute approximate surface area is 243 Å². The maximum atomic E-state index is 16.6. The maximum absolute atomic E-state index is 16.6. The number of carbonyl (C=O) groups is 2. The van der Waals surface area contributed by atoms with Gasteiger partial charge in [-0.25, -0.2) is 4.39 Å². The van der Waals surface area contributed by atoms with Gasteiger partial charge in [0, 0.05) is 75.0 Å². The van der Waals surface area contributed by atoms with Gasteiger partial charge in [-0.15, -0.1) is 0 Å². The minimum absolute atomic E-state index is 0.0232. The van der Waals surface area contributed by atoms with Gasteiger partial charge < -0.3 is 24.5 Å². The Morgan fingerprint density at radius 1 is 1.17 bits per heavy atom. The molecule has 2 amide bonds. The van der Waals surface area contributed by atoms with E-state index in [-0.39, 0.29) is 52.7 Å². The molecule has 0 spiro atoms. The number of amides is 2. The summed E-state index contributed by atoms with van der Waals surface area (Å²) < 4.78 is 22.3. The van der Waals surface area contributed by atoms with Crippen molar-refractivity contribution in [1.82, 2.24) is 19.8 Å². The number of aliphatic hydroxyl groups excluding tert-OH is 1. The highest BCUT2D eigenvalue weighted by Gasteiger charge is 2.30. The summed E-state index contributed by atoms with van der Waals surface area (Å²) in [7, 11) is 3.32. The highest BCUT2D eigenvalue weighted by molar-refractivity contribution is 6.32. The van der Waals surface area contributed by atoms with Crippen LogP contribution in [-0.2, 0) is 16.0 Å². The number of piperazine rings is 1. The van der Waals surface area contributed by atoms with Crippen LogP contribution >= 0.6 is 11.6 Å². The van der Waals surface area contributed by atoms with Crippen LogP contribution in [0.2, 0.25) is 5.02 Å². The largest absolute Gasteiger partial charge is 0.512 e. The fraction of sp³-hybridized carbons (Fsp3) is 0.400. The minimum atomic E-state index is -0.629. The number of nitrogens with zero attached hydrogens (tertiary/aromatic N) is 5. The summed E-state index contributed by atoms with van der Waals surface area (Å²) in [5.74, 6) is -0.694. The van der Waals surface area contributed by atoms with Crippen molar-refractivity contribution in [3.63, 3.8) is 0 Å². The number of halogens is 2. The number of benzene rings is 2. The highest BCUT2D eigenvalue weighted by Crippen LogP contribution is 2.42. The number of aromatic nitrogens is 2. The van der Waals surface area contributed by atoms with Crippen LogP contribution in [-0.4, -0.2) is 83.6 Å². The van der Waals surface area contributed by atoms with E-state index < -0.39 is 11.7 Å². The van der Waals surface area contributed by atoms with Gasteiger partial charge in [-0.05, 0) is 23.3 Å². The van der Waals surface area contributed by atoms with Gasteiger partial charge in [0.2, 0.25) is 11.8 Å². The van der Waals surface area contributed by atoms with E-state index in [1.165, 1.54) is 4.90 Å². The Morgan fingerprint density at radius 3 is 2.61 bits per heavy atom. The number of carbonyl (C=O) groups excluding carboxylic acids is 2. The van der Waals surface area contributed by atoms with Crippen molar-refractivity contribution in [2.75, 3.05) is 51.8 Å². The summed E-state index contributed by atoms with van der Waals surface area (Å²) in [6, 6.07) is 9.17. The van der Waals surface area contributed by atoms with E-state index >= 15 is 4.39 Å². The molecule has 5 rings (SSSR count). The van der Waals surface area contributed by atoms with Crippen LogP contribution in [0.5, 0.6) is 6.01 Å². The summed E-state index contributed by atoms with van der Waals surface area (Å²) >= 11 is 6.79. The second-order valence-electron chi connectivity index (χ2n) is 10.4. The lowest BCUT2D eigenvalue weighted by atomic mass is 9.82. The van der Waals surface area contributed by atoms with Crippen molar-refractivity contribution in [3.8, 4) is 6.01 Å². The van der Waals surface area contributed by atoms with Crippen LogP contribution in [0.15, 0.2) is 42.2 Å². The lowest BCUT2D eigenvalue weighted by molar-refractivity contribution is -0.131. The number of fused-ring (bicyclic) bond motifs is 2. The molecule has 41 heavy (non-hydrogen) atoms. The molecule has 216 valence electrons. The number of ether oxygens (including phenoxy) is 1. The van der Waals surface area contributed by atoms with Gasteiger partial charge in [-0.2, -0.15) is 9.97 Å². The third-order valence-electron chi connectivity index (χ3n) is 7.59. The molecule has 0 saturated carbocycles. The fourth-order valence-electron chi connectivity index (χ4n) is 5.38. The van der Waals surface area contributed by atoms with E-state index in [2.05, 4.69) is 9.97 Å². The third-order valence-corrected chi connectivity index (χ3v) is 7.90. The van der Waals surface area contributed by atoms with Crippen LogP contribution in [0.1, 0.15) is 42.4 Å². The van der Waals surface area contributed by atoms with E-state index in [4.69, 9.17) is 16.3 Å². The number of allylic oxidation sites excluding steroid dienone is 2. The lowest BCUT2D eigenvalue weighted by Crippen LogP contribution is -2.49. The molecule has 2 aromatic carbocycles. The monoisotopic (exact) mass is 581 g/mol. The number of hydrogen-bond acceptors (Lipinski definition) is 7. The third kappa shape index (κ3) is 5.79. The average Bonchev–Trinajstić information content (AvgIpc) is 2.96. The Hall–Kier alpha value is -3.92. The Morgan fingerprint density at radius 2 is 1.90 bits per heavy atom. The minimum Gasteiger partial charge on any atom is -0.512 e. The summed E-state index contributed by atoms with van der Waals surface area (Å²) in [6.45, 7) is 3.84. The van der Waals surface area contributed by atoms with Crippen LogP contribution in [0, 0.1) is 5.82 Å². The first-order valence-corrected chi connectivity index (χ1v) is 14.1. The molecule has 0 unspecified atom stereocenters. The van der Waals surface area contributed by atoms with E-state index in [9.17, 15) is 14.7 Å². The smallest absolute Gasteiger partial charge is 0.319 e. The summed E-state index contributed by atoms with van der Waals surface area (Å²) in [5.41, 5.74) is 1.99. The Bertz CT molecular complexity index is 1520. The number of hydrogen-bond donors (Lipinski definition) is 1. The zero-order valence-corrected chi connectivity index (χ0v) is 24.1. The van der Waals surface area contributed by atoms with E-state index in [1.54, 1.807) is 31.1 Å². The van der Waals surface area contributed by atoms with Crippen LogP contribution < -0.4 is 9.64 Å². The van der Waals surface area contributed by atoms with Crippen molar-refractivity contribution in [2.24, 2.45) is 0 Å². The van der Waals surface area contributed by atoms with Gasteiger partial charge >= 0.3 is 6.01 Å². The molecule has 9 nitrogen and oxygen atoms in total. The van der Waals surface area contributed by atoms with Crippen molar-refractivity contribution in [2.45, 2.75) is 32.1 Å². The van der Waals surface area contributed by atoms with Crippen molar-refractivity contribution >= 4 is 40.1 Å². The molecule has 1 fully saturated rings. The molecule has 1 atom stereocenters. The zero-order valence-electron chi connectivity index (χ0n) is 23.4. The van der Waals surface area contributed by atoms with Crippen LogP contribution in [0.4, 0.5) is 10.2 Å². The molecule has 1 saturated heterocycles. The Balaban J connectivity index is 1.58. The molecule has 0 bridgehead atoms. The number of aliphatic hydroxyl groups is 1. The van der Waals surface area contributed by atoms with Crippen LogP contribution in [0.3, 0.4) is 0 Å². The summed E-state index contributed by atoms with van der Waals surface area (Å²) in [6.07, 6.45) is 2.52. The summed E-state index contributed by atoms with van der Waals surface area (Å²) in [5, 5.41) is 11.1. The van der Waals surface area contributed by atoms with E-state index in [0.29, 0.717) is 50.2 Å². The zero-order chi connectivity index (χ0) is 29.3. The van der Waals surface area contributed by atoms with Crippen molar-refractivity contribution < 1.29 is 23.8 Å². The summed E-state index contributed by atoms with van der Waals surface area (Å²) in [4.78, 5) is 38.6. The number of rotatable bonds is 7. The quantitative estimate of drug-likeness (QED) is 0.439. The molecule has 3 aromatic rings. The first-order chi connectivity index (χ1) is 19.7. The van der Waals surface area contributed by atoms with Crippen molar-refractivity contribution in [3.05, 3.63) is 69.7 Å².